The van der Waals surface area contributed by atoms with Crippen molar-refractivity contribution in [3.8, 4) is 0 Å². The molecule has 0 aromatic heterocycles. The Bertz CT molecular complexity index is 293. The summed E-state index contributed by atoms with van der Waals surface area (Å²) in [6.07, 6.45) is 0.493. The van der Waals surface area contributed by atoms with Gasteiger partial charge in [0, 0.05) is 5.02 Å². The summed E-state index contributed by atoms with van der Waals surface area (Å²) in [5.41, 5.74) is 1.14. The van der Waals surface area contributed by atoms with Crippen LogP contribution in [0.1, 0.15) is 12.5 Å². The zero-order chi connectivity index (χ0) is 9.97. The van der Waals surface area contributed by atoms with Gasteiger partial charge < -0.3 is 9.47 Å². The van der Waals surface area contributed by atoms with Gasteiger partial charge in [-0.25, -0.2) is 0 Å². The molecule has 0 N–H and O–H groups in total. The lowest BCUT2D eigenvalue weighted by Crippen LogP contribution is -2.14. The van der Waals surface area contributed by atoms with Gasteiger partial charge in [0.15, 0.2) is 0 Å². The zero-order valence-corrected chi connectivity index (χ0v) is 8.83. The van der Waals surface area contributed by atoms with Gasteiger partial charge in [-0.3, -0.25) is 0 Å². The van der Waals surface area contributed by atoms with E-state index in [1.54, 1.807) is 0 Å². The Balaban J connectivity index is 1.82. The predicted molar refractivity (Wildman–Crippen MR) is 55.4 cm³/mol. The van der Waals surface area contributed by atoms with Crippen LogP contribution in [0, 0.1) is 0 Å². The van der Waals surface area contributed by atoms with Gasteiger partial charge in [0.2, 0.25) is 0 Å². The quantitative estimate of drug-likeness (QED) is 0.716. The van der Waals surface area contributed by atoms with Crippen molar-refractivity contribution in [3.63, 3.8) is 0 Å². The fourth-order valence-corrected chi connectivity index (χ4v) is 1.37. The normalized spacial score (nSPS) is 22.0. The minimum Gasteiger partial charge on any atom is -0.371 e. The SMILES string of the molecule is C[C@H](OCc1ccc(Cl)cc1)[C@@H]1CO1. The van der Waals surface area contributed by atoms with Gasteiger partial charge in [0.1, 0.15) is 6.10 Å². The van der Waals surface area contributed by atoms with E-state index in [0.717, 1.165) is 17.2 Å². The van der Waals surface area contributed by atoms with Crippen molar-refractivity contribution in [2.24, 2.45) is 0 Å². The number of hydrogen-bond donors (Lipinski definition) is 0. The first kappa shape index (κ1) is 9.97. The first-order valence-electron chi connectivity index (χ1n) is 4.73. The maximum absolute atomic E-state index is 5.77. The molecule has 0 spiro atoms. The van der Waals surface area contributed by atoms with Crippen LogP contribution in [-0.4, -0.2) is 18.8 Å². The van der Waals surface area contributed by atoms with Gasteiger partial charge in [0.05, 0.1) is 19.3 Å². The standard InChI is InChI=1S/C11H13ClO2/c1-8(11-7-14-11)13-6-9-2-4-10(12)5-3-9/h2-5,8,11H,6-7H2,1H3/t8-,11-/m0/s1. The molecule has 0 saturated carbocycles. The Labute approximate surface area is 88.8 Å². The average molecular weight is 213 g/mol. The van der Waals surface area contributed by atoms with E-state index >= 15 is 0 Å². The molecule has 0 aliphatic carbocycles. The summed E-state index contributed by atoms with van der Waals surface area (Å²) in [4.78, 5) is 0. The highest BCUT2D eigenvalue weighted by Crippen LogP contribution is 2.18. The average Bonchev–Trinajstić information content (AvgIpc) is 3.00. The summed E-state index contributed by atoms with van der Waals surface area (Å²) in [7, 11) is 0. The highest BCUT2D eigenvalue weighted by molar-refractivity contribution is 6.30. The van der Waals surface area contributed by atoms with Gasteiger partial charge in [0.25, 0.3) is 0 Å². The lowest BCUT2D eigenvalue weighted by Gasteiger charge is -2.09. The Morgan fingerprint density at radius 1 is 1.50 bits per heavy atom. The summed E-state index contributed by atoms with van der Waals surface area (Å²) < 4.78 is 10.8. The fourth-order valence-electron chi connectivity index (χ4n) is 1.24. The molecule has 2 rings (SSSR count). The Kier molecular flexibility index (Phi) is 3.06. The maximum atomic E-state index is 5.77. The van der Waals surface area contributed by atoms with Gasteiger partial charge >= 0.3 is 0 Å². The minimum atomic E-state index is 0.186. The summed E-state index contributed by atoms with van der Waals surface area (Å²) in [6.45, 7) is 3.49. The van der Waals surface area contributed by atoms with E-state index < -0.39 is 0 Å². The topological polar surface area (TPSA) is 21.8 Å². The Morgan fingerprint density at radius 2 is 2.14 bits per heavy atom. The van der Waals surface area contributed by atoms with Gasteiger partial charge in [-0.05, 0) is 24.6 Å². The maximum Gasteiger partial charge on any atom is 0.107 e. The minimum absolute atomic E-state index is 0.186. The number of ether oxygens (including phenoxy) is 2. The van der Waals surface area contributed by atoms with Crippen LogP contribution in [0.2, 0.25) is 5.02 Å². The smallest absolute Gasteiger partial charge is 0.107 e. The molecule has 1 heterocycles. The van der Waals surface area contributed by atoms with E-state index in [4.69, 9.17) is 21.1 Å². The van der Waals surface area contributed by atoms with Crippen LogP contribution in [0.3, 0.4) is 0 Å². The third kappa shape index (κ3) is 2.71. The lowest BCUT2D eigenvalue weighted by atomic mass is 10.2. The monoisotopic (exact) mass is 212 g/mol. The molecule has 0 amide bonds. The number of rotatable bonds is 4. The Hall–Kier alpha value is -0.570. The molecule has 2 nitrogen and oxygen atoms in total. The molecule has 0 radical (unpaired) electrons. The lowest BCUT2D eigenvalue weighted by molar-refractivity contribution is 0.0340. The Morgan fingerprint density at radius 3 is 2.71 bits per heavy atom. The summed E-state index contributed by atoms with van der Waals surface area (Å²) in [6, 6.07) is 7.70. The van der Waals surface area contributed by atoms with Crippen LogP contribution >= 0.6 is 11.6 Å². The molecule has 2 atom stereocenters. The summed E-state index contributed by atoms with van der Waals surface area (Å²) >= 11 is 5.77. The van der Waals surface area contributed by atoms with Crippen LogP contribution in [-0.2, 0) is 16.1 Å². The first-order valence-corrected chi connectivity index (χ1v) is 5.11. The van der Waals surface area contributed by atoms with Crippen LogP contribution in [0.4, 0.5) is 0 Å². The molecule has 1 aliphatic rings. The fraction of sp³-hybridized carbons (Fsp3) is 0.455. The molecule has 1 aromatic carbocycles. The number of halogens is 1. The molecule has 1 fully saturated rings. The number of hydrogen-bond acceptors (Lipinski definition) is 2. The molecule has 0 unspecified atom stereocenters. The van der Waals surface area contributed by atoms with Crippen molar-refractivity contribution in [2.45, 2.75) is 25.7 Å². The van der Waals surface area contributed by atoms with Crippen molar-refractivity contribution in [3.05, 3.63) is 34.9 Å². The number of epoxide rings is 1. The van der Waals surface area contributed by atoms with Gasteiger partial charge in [-0.2, -0.15) is 0 Å². The van der Waals surface area contributed by atoms with Crippen molar-refractivity contribution < 1.29 is 9.47 Å². The van der Waals surface area contributed by atoms with E-state index in [0.29, 0.717) is 12.7 Å². The second-order valence-electron chi connectivity index (χ2n) is 3.51. The van der Waals surface area contributed by atoms with Crippen LogP contribution in [0.25, 0.3) is 0 Å². The molecule has 76 valence electrons. The van der Waals surface area contributed by atoms with E-state index in [1.165, 1.54) is 0 Å². The van der Waals surface area contributed by atoms with Crippen LogP contribution in [0.5, 0.6) is 0 Å². The van der Waals surface area contributed by atoms with E-state index in [1.807, 2.05) is 31.2 Å². The zero-order valence-electron chi connectivity index (χ0n) is 8.07. The second-order valence-corrected chi connectivity index (χ2v) is 3.95. The number of benzene rings is 1. The molecule has 1 aromatic rings. The highest BCUT2D eigenvalue weighted by atomic mass is 35.5. The predicted octanol–water partition coefficient (Wildman–Crippen LogP) is 2.64. The third-order valence-corrected chi connectivity index (χ3v) is 2.56. The highest BCUT2D eigenvalue weighted by Gasteiger charge is 2.29. The summed E-state index contributed by atoms with van der Waals surface area (Å²) in [5, 5.41) is 0.757. The molecular formula is C11H13ClO2. The second kappa shape index (κ2) is 4.30. The molecule has 3 heteroatoms. The van der Waals surface area contributed by atoms with E-state index in [2.05, 4.69) is 0 Å². The van der Waals surface area contributed by atoms with Crippen molar-refractivity contribution in [1.82, 2.24) is 0 Å². The van der Waals surface area contributed by atoms with Gasteiger partial charge in [-0.1, -0.05) is 23.7 Å². The van der Waals surface area contributed by atoms with Crippen molar-refractivity contribution >= 4 is 11.6 Å². The molecule has 1 aliphatic heterocycles. The van der Waals surface area contributed by atoms with E-state index in [-0.39, 0.29) is 6.10 Å². The molecular weight excluding hydrogens is 200 g/mol. The third-order valence-electron chi connectivity index (χ3n) is 2.31. The van der Waals surface area contributed by atoms with Gasteiger partial charge in [-0.15, -0.1) is 0 Å². The van der Waals surface area contributed by atoms with Crippen LogP contribution < -0.4 is 0 Å². The molecule has 1 saturated heterocycles. The summed E-state index contributed by atoms with van der Waals surface area (Å²) in [5.74, 6) is 0. The molecule has 0 bridgehead atoms. The van der Waals surface area contributed by atoms with Crippen LogP contribution in [0.15, 0.2) is 24.3 Å². The molecule has 14 heavy (non-hydrogen) atoms. The van der Waals surface area contributed by atoms with Crippen molar-refractivity contribution in [2.75, 3.05) is 6.61 Å². The largest absolute Gasteiger partial charge is 0.371 e. The van der Waals surface area contributed by atoms with Crippen molar-refractivity contribution in [1.29, 1.82) is 0 Å². The van der Waals surface area contributed by atoms with E-state index in [9.17, 15) is 0 Å². The first-order chi connectivity index (χ1) is 6.75.